The summed E-state index contributed by atoms with van der Waals surface area (Å²) in [7, 11) is 5.70. The highest BCUT2D eigenvalue weighted by atomic mass is 16.5. The Morgan fingerprint density at radius 2 is 1.92 bits per heavy atom. The second kappa shape index (κ2) is 10.4. The van der Waals surface area contributed by atoms with Crippen molar-refractivity contribution in [3.05, 3.63) is 53.9 Å². The van der Waals surface area contributed by atoms with Gasteiger partial charge in [0.15, 0.2) is 0 Å². The number of hydrogen-bond acceptors (Lipinski definition) is 5. The van der Waals surface area contributed by atoms with E-state index in [9.17, 15) is 4.79 Å². The molecule has 2 rings (SSSR count). The maximum atomic E-state index is 12.2. The minimum atomic E-state index is -0.0879. The van der Waals surface area contributed by atoms with Gasteiger partial charge in [0.1, 0.15) is 5.75 Å². The van der Waals surface area contributed by atoms with Crippen LogP contribution in [0.15, 0.2) is 42.7 Å². The molecular weight excluding hydrogens is 328 g/mol. The first-order valence-corrected chi connectivity index (χ1v) is 8.83. The van der Waals surface area contributed by atoms with Gasteiger partial charge in [0, 0.05) is 25.5 Å². The summed E-state index contributed by atoms with van der Waals surface area (Å²) in [5.74, 6) is 0.769. The third kappa shape index (κ3) is 6.72. The summed E-state index contributed by atoms with van der Waals surface area (Å²) in [6.07, 6.45) is 5.13. The molecule has 0 fully saturated rings. The number of rotatable bonds is 10. The van der Waals surface area contributed by atoms with Crippen molar-refractivity contribution in [3.63, 3.8) is 0 Å². The van der Waals surface area contributed by atoms with Crippen molar-refractivity contribution < 1.29 is 9.53 Å². The normalized spacial score (nSPS) is 10.6. The van der Waals surface area contributed by atoms with Crippen molar-refractivity contribution >= 4 is 11.6 Å². The fourth-order valence-corrected chi connectivity index (χ4v) is 2.50. The number of amides is 1. The summed E-state index contributed by atoms with van der Waals surface area (Å²) in [6, 6.07) is 9.85. The van der Waals surface area contributed by atoms with Crippen LogP contribution in [0.1, 0.15) is 22.3 Å². The number of anilines is 1. The number of methoxy groups -OCH3 is 1. The molecule has 0 bridgehead atoms. The standard InChI is InChI=1S/C20H28N4O2/c1-24(2)12-4-10-23-20(25)17-13-18(15-21-14-17)22-11-9-16-5-7-19(26-3)8-6-16/h5-8,13-15,22H,4,9-12H2,1-3H3,(H,23,25). The molecule has 0 radical (unpaired) electrons. The van der Waals surface area contributed by atoms with Gasteiger partial charge < -0.3 is 20.3 Å². The van der Waals surface area contributed by atoms with Gasteiger partial charge in [0.05, 0.1) is 18.4 Å². The lowest BCUT2D eigenvalue weighted by molar-refractivity contribution is 0.0952. The van der Waals surface area contributed by atoms with E-state index in [4.69, 9.17) is 4.74 Å². The zero-order valence-electron chi connectivity index (χ0n) is 15.8. The molecule has 1 heterocycles. The molecule has 140 valence electrons. The Balaban J connectivity index is 1.79. The number of benzene rings is 1. The lowest BCUT2D eigenvalue weighted by atomic mass is 10.1. The van der Waals surface area contributed by atoms with E-state index in [0.29, 0.717) is 12.1 Å². The van der Waals surface area contributed by atoms with Crippen LogP contribution < -0.4 is 15.4 Å². The van der Waals surface area contributed by atoms with Gasteiger partial charge in [-0.1, -0.05) is 12.1 Å². The van der Waals surface area contributed by atoms with Crippen molar-refractivity contribution in [1.29, 1.82) is 0 Å². The van der Waals surface area contributed by atoms with Crippen LogP contribution in [0.2, 0.25) is 0 Å². The van der Waals surface area contributed by atoms with Crippen LogP contribution >= 0.6 is 0 Å². The smallest absolute Gasteiger partial charge is 0.252 e. The molecule has 0 aliphatic rings. The van der Waals surface area contributed by atoms with Crippen molar-refractivity contribution in [2.24, 2.45) is 0 Å². The highest BCUT2D eigenvalue weighted by Gasteiger charge is 2.06. The molecule has 6 heteroatoms. The summed E-state index contributed by atoms with van der Waals surface area (Å²) >= 11 is 0. The lowest BCUT2D eigenvalue weighted by Crippen LogP contribution is -2.27. The quantitative estimate of drug-likeness (QED) is 0.640. The second-order valence-electron chi connectivity index (χ2n) is 6.40. The Morgan fingerprint density at radius 1 is 1.15 bits per heavy atom. The highest BCUT2D eigenvalue weighted by Crippen LogP contribution is 2.13. The van der Waals surface area contributed by atoms with Gasteiger partial charge in [-0.25, -0.2) is 0 Å². The Bertz CT molecular complexity index is 686. The Kier molecular flexibility index (Phi) is 7.89. The van der Waals surface area contributed by atoms with Crippen molar-refractivity contribution in [2.45, 2.75) is 12.8 Å². The average molecular weight is 356 g/mol. The monoisotopic (exact) mass is 356 g/mol. The van der Waals surface area contributed by atoms with Gasteiger partial charge in [-0.05, 0) is 57.2 Å². The third-order valence-electron chi connectivity index (χ3n) is 3.97. The lowest BCUT2D eigenvalue weighted by Gasteiger charge is -2.11. The first-order chi connectivity index (χ1) is 12.6. The second-order valence-corrected chi connectivity index (χ2v) is 6.40. The number of aromatic nitrogens is 1. The van der Waals surface area contributed by atoms with E-state index in [1.54, 1.807) is 19.5 Å². The van der Waals surface area contributed by atoms with Crippen LogP contribution in [0.5, 0.6) is 5.75 Å². The van der Waals surface area contributed by atoms with Gasteiger partial charge in [-0.3, -0.25) is 9.78 Å². The van der Waals surface area contributed by atoms with Gasteiger partial charge >= 0.3 is 0 Å². The van der Waals surface area contributed by atoms with Gasteiger partial charge in [0.25, 0.3) is 5.91 Å². The molecule has 1 aromatic carbocycles. The van der Waals surface area contributed by atoms with E-state index in [1.807, 2.05) is 32.3 Å². The number of ether oxygens (including phenoxy) is 1. The van der Waals surface area contributed by atoms with Crippen LogP contribution in [0.4, 0.5) is 5.69 Å². The summed E-state index contributed by atoms with van der Waals surface area (Å²) in [5, 5.41) is 6.25. The van der Waals surface area contributed by atoms with Crippen molar-refractivity contribution in [1.82, 2.24) is 15.2 Å². The number of nitrogens with zero attached hydrogens (tertiary/aromatic N) is 2. The minimum Gasteiger partial charge on any atom is -0.497 e. The maximum absolute atomic E-state index is 12.2. The zero-order valence-corrected chi connectivity index (χ0v) is 15.8. The molecule has 2 aromatic rings. The molecule has 1 aromatic heterocycles. The molecule has 0 saturated heterocycles. The van der Waals surface area contributed by atoms with Crippen LogP contribution in [-0.4, -0.2) is 56.6 Å². The first kappa shape index (κ1) is 19.7. The largest absolute Gasteiger partial charge is 0.497 e. The SMILES string of the molecule is COc1ccc(CCNc2cncc(C(=O)NCCCN(C)C)c2)cc1. The highest BCUT2D eigenvalue weighted by molar-refractivity contribution is 5.94. The van der Waals surface area contributed by atoms with Crippen molar-refractivity contribution in [2.75, 3.05) is 46.2 Å². The van der Waals surface area contributed by atoms with Crippen molar-refractivity contribution in [3.8, 4) is 5.75 Å². The van der Waals surface area contributed by atoms with Crippen LogP contribution in [0.25, 0.3) is 0 Å². The molecule has 1 amide bonds. The van der Waals surface area contributed by atoms with Gasteiger partial charge in [-0.2, -0.15) is 0 Å². The Morgan fingerprint density at radius 3 is 2.62 bits per heavy atom. The predicted molar refractivity (Wildman–Crippen MR) is 105 cm³/mol. The summed E-state index contributed by atoms with van der Waals surface area (Å²) < 4.78 is 5.16. The molecule has 0 saturated carbocycles. The van der Waals surface area contributed by atoms with E-state index in [1.165, 1.54) is 5.56 Å². The molecule has 0 spiro atoms. The Labute approximate surface area is 155 Å². The molecular formula is C20H28N4O2. The summed E-state index contributed by atoms with van der Waals surface area (Å²) in [4.78, 5) is 18.5. The summed E-state index contributed by atoms with van der Waals surface area (Å²) in [5.41, 5.74) is 2.64. The van der Waals surface area contributed by atoms with E-state index < -0.39 is 0 Å². The van der Waals surface area contributed by atoms with E-state index >= 15 is 0 Å². The molecule has 26 heavy (non-hydrogen) atoms. The first-order valence-electron chi connectivity index (χ1n) is 8.83. The Hall–Kier alpha value is -2.60. The molecule has 0 aliphatic heterocycles. The number of hydrogen-bond donors (Lipinski definition) is 2. The van der Waals surface area contributed by atoms with Gasteiger partial charge in [-0.15, -0.1) is 0 Å². The number of pyridine rings is 1. The van der Waals surface area contributed by atoms with Gasteiger partial charge in [0.2, 0.25) is 0 Å². The molecule has 2 N–H and O–H groups in total. The van der Waals surface area contributed by atoms with E-state index in [-0.39, 0.29) is 5.91 Å². The summed E-state index contributed by atoms with van der Waals surface area (Å²) in [6.45, 7) is 2.37. The fraction of sp³-hybridized carbons (Fsp3) is 0.400. The maximum Gasteiger partial charge on any atom is 0.252 e. The zero-order chi connectivity index (χ0) is 18.8. The predicted octanol–water partition coefficient (Wildman–Crippen LogP) is 2.43. The molecule has 0 atom stereocenters. The number of carbonyl (C=O) groups is 1. The molecule has 0 aliphatic carbocycles. The number of carbonyl (C=O) groups excluding carboxylic acids is 1. The van der Waals surface area contributed by atoms with E-state index in [2.05, 4.69) is 32.7 Å². The van der Waals surface area contributed by atoms with Crippen LogP contribution in [0, 0.1) is 0 Å². The van der Waals surface area contributed by atoms with Crippen LogP contribution in [-0.2, 0) is 6.42 Å². The molecule has 0 unspecified atom stereocenters. The molecule has 6 nitrogen and oxygen atoms in total. The number of nitrogens with one attached hydrogen (secondary N) is 2. The van der Waals surface area contributed by atoms with Crippen LogP contribution in [0.3, 0.4) is 0 Å². The average Bonchev–Trinajstić information content (AvgIpc) is 2.66. The topological polar surface area (TPSA) is 66.5 Å². The third-order valence-corrected chi connectivity index (χ3v) is 3.97. The van der Waals surface area contributed by atoms with E-state index in [0.717, 1.165) is 37.4 Å². The minimum absolute atomic E-state index is 0.0879. The fourth-order valence-electron chi connectivity index (χ4n) is 2.50.